The van der Waals surface area contributed by atoms with E-state index in [1.54, 1.807) is 10.4 Å². The highest BCUT2D eigenvalue weighted by molar-refractivity contribution is 7.11. The minimum Gasteiger partial charge on any atom is -0.326 e. The second kappa shape index (κ2) is 6.27. The summed E-state index contributed by atoms with van der Waals surface area (Å²) >= 11 is 1.33. The maximum Gasteiger partial charge on any atom is 0.266 e. The van der Waals surface area contributed by atoms with Crippen LogP contribution >= 0.6 is 11.3 Å². The number of aryl methyl sites for hydroxylation is 1. The van der Waals surface area contributed by atoms with Gasteiger partial charge < -0.3 is 10.2 Å². The lowest BCUT2D eigenvalue weighted by Crippen LogP contribution is -2.43. The predicted molar refractivity (Wildman–Crippen MR) is 86.0 cm³/mol. The van der Waals surface area contributed by atoms with Crippen LogP contribution in [-0.4, -0.2) is 34.3 Å². The molecule has 0 bridgehead atoms. The highest BCUT2D eigenvalue weighted by atomic mass is 32.1. The zero-order chi connectivity index (χ0) is 15.5. The third-order valence-electron chi connectivity index (χ3n) is 3.80. The van der Waals surface area contributed by atoms with E-state index in [1.807, 2.05) is 37.3 Å². The summed E-state index contributed by atoms with van der Waals surface area (Å²) in [5.41, 5.74) is 3.14. The molecule has 1 fully saturated rings. The molecule has 2 heterocycles. The zero-order valence-electron chi connectivity index (χ0n) is 12.3. The fourth-order valence-corrected chi connectivity index (χ4v) is 3.42. The SMILES string of the molecule is Cc1ncsc1C(=O)N1CCC[C@H]1C(=O)Nc1ccccc1. The number of hydrogen-bond donors (Lipinski definition) is 1. The van der Waals surface area contributed by atoms with Crippen LogP contribution in [-0.2, 0) is 4.79 Å². The van der Waals surface area contributed by atoms with E-state index in [2.05, 4.69) is 10.3 Å². The van der Waals surface area contributed by atoms with Crippen LogP contribution in [0.25, 0.3) is 0 Å². The number of thiazole rings is 1. The largest absolute Gasteiger partial charge is 0.326 e. The van der Waals surface area contributed by atoms with Gasteiger partial charge in [0.2, 0.25) is 5.91 Å². The number of carbonyl (C=O) groups excluding carboxylic acids is 2. The number of aromatic nitrogens is 1. The fraction of sp³-hybridized carbons (Fsp3) is 0.312. The molecule has 1 aromatic carbocycles. The lowest BCUT2D eigenvalue weighted by atomic mass is 10.2. The van der Waals surface area contributed by atoms with Gasteiger partial charge in [-0.15, -0.1) is 11.3 Å². The van der Waals surface area contributed by atoms with Crippen LogP contribution in [0.4, 0.5) is 5.69 Å². The summed E-state index contributed by atoms with van der Waals surface area (Å²) in [6.07, 6.45) is 1.54. The standard InChI is InChI=1S/C16H17N3O2S/c1-11-14(22-10-17-11)16(21)19-9-5-8-13(19)15(20)18-12-6-3-2-4-7-12/h2-4,6-7,10,13H,5,8-9H2,1H3,(H,18,20)/t13-/m0/s1. The van der Waals surface area contributed by atoms with Crippen molar-refractivity contribution in [3.63, 3.8) is 0 Å². The quantitative estimate of drug-likeness (QED) is 0.947. The van der Waals surface area contributed by atoms with Gasteiger partial charge in [-0.25, -0.2) is 4.98 Å². The molecule has 22 heavy (non-hydrogen) atoms. The Kier molecular flexibility index (Phi) is 4.20. The first kappa shape index (κ1) is 14.7. The summed E-state index contributed by atoms with van der Waals surface area (Å²) in [6, 6.07) is 8.91. The molecule has 1 aliphatic heterocycles. The Morgan fingerprint density at radius 1 is 1.32 bits per heavy atom. The molecule has 2 aromatic rings. The van der Waals surface area contributed by atoms with Gasteiger partial charge in [-0.1, -0.05) is 18.2 Å². The van der Waals surface area contributed by atoms with Crippen molar-refractivity contribution in [1.82, 2.24) is 9.88 Å². The average Bonchev–Trinajstić information content (AvgIpc) is 3.16. The predicted octanol–water partition coefficient (Wildman–Crippen LogP) is 2.69. The zero-order valence-corrected chi connectivity index (χ0v) is 13.1. The first-order valence-corrected chi connectivity index (χ1v) is 8.12. The molecule has 1 N–H and O–H groups in total. The fourth-order valence-electron chi connectivity index (χ4n) is 2.67. The monoisotopic (exact) mass is 315 g/mol. The topological polar surface area (TPSA) is 62.3 Å². The van der Waals surface area contributed by atoms with Gasteiger partial charge in [-0.2, -0.15) is 0 Å². The van der Waals surface area contributed by atoms with E-state index in [0.29, 0.717) is 17.8 Å². The maximum atomic E-state index is 12.6. The van der Waals surface area contributed by atoms with Crippen LogP contribution in [0.2, 0.25) is 0 Å². The molecule has 1 aromatic heterocycles. The molecule has 114 valence electrons. The van der Waals surface area contributed by atoms with E-state index in [1.165, 1.54) is 11.3 Å². The number of carbonyl (C=O) groups is 2. The molecule has 0 radical (unpaired) electrons. The lowest BCUT2D eigenvalue weighted by Gasteiger charge is -2.23. The molecule has 1 saturated heterocycles. The molecule has 0 spiro atoms. The van der Waals surface area contributed by atoms with Gasteiger partial charge in [0.05, 0.1) is 11.2 Å². The number of anilines is 1. The number of benzene rings is 1. The van der Waals surface area contributed by atoms with Gasteiger partial charge >= 0.3 is 0 Å². The molecule has 2 amide bonds. The van der Waals surface area contributed by atoms with E-state index in [0.717, 1.165) is 17.8 Å². The third kappa shape index (κ3) is 2.87. The summed E-state index contributed by atoms with van der Waals surface area (Å²) in [5.74, 6) is -0.218. The van der Waals surface area contributed by atoms with Crippen LogP contribution in [0.5, 0.6) is 0 Å². The Morgan fingerprint density at radius 2 is 2.09 bits per heavy atom. The van der Waals surface area contributed by atoms with Crippen molar-refractivity contribution in [3.8, 4) is 0 Å². The number of para-hydroxylation sites is 1. The Balaban J connectivity index is 1.74. The molecular weight excluding hydrogens is 298 g/mol. The average molecular weight is 315 g/mol. The van der Waals surface area contributed by atoms with Gasteiger partial charge in [0.25, 0.3) is 5.91 Å². The molecule has 1 aliphatic rings. The first-order valence-electron chi connectivity index (χ1n) is 7.24. The van der Waals surface area contributed by atoms with Crippen molar-refractivity contribution in [2.24, 2.45) is 0 Å². The molecule has 3 rings (SSSR count). The second-order valence-corrected chi connectivity index (χ2v) is 6.13. The molecule has 0 saturated carbocycles. The normalized spacial score (nSPS) is 17.5. The number of nitrogens with zero attached hydrogens (tertiary/aromatic N) is 2. The Morgan fingerprint density at radius 3 is 2.77 bits per heavy atom. The summed E-state index contributed by atoms with van der Waals surface area (Å²) in [6.45, 7) is 2.43. The Bertz CT molecular complexity index is 684. The van der Waals surface area contributed by atoms with Gasteiger partial charge in [-0.3, -0.25) is 9.59 Å². The van der Waals surface area contributed by atoms with Crippen LogP contribution in [0.1, 0.15) is 28.2 Å². The van der Waals surface area contributed by atoms with Crippen molar-refractivity contribution in [2.45, 2.75) is 25.8 Å². The minimum absolute atomic E-state index is 0.0919. The van der Waals surface area contributed by atoms with Crippen molar-refractivity contribution < 1.29 is 9.59 Å². The number of likely N-dealkylation sites (tertiary alicyclic amines) is 1. The summed E-state index contributed by atoms with van der Waals surface area (Å²) in [5, 5.41) is 2.88. The molecular formula is C16H17N3O2S. The van der Waals surface area contributed by atoms with E-state index < -0.39 is 6.04 Å². The van der Waals surface area contributed by atoms with E-state index in [9.17, 15) is 9.59 Å². The highest BCUT2D eigenvalue weighted by Crippen LogP contribution is 2.24. The molecule has 6 heteroatoms. The number of amides is 2. The Labute approximate surface area is 133 Å². The maximum absolute atomic E-state index is 12.6. The van der Waals surface area contributed by atoms with Gasteiger partial charge in [0, 0.05) is 12.2 Å². The number of rotatable bonds is 3. The number of hydrogen-bond acceptors (Lipinski definition) is 4. The van der Waals surface area contributed by atoms with Crippen LogP contribution in [0.15, 0.2) is 35.8 Å². The van der Waals surface area contributed by atoms with Crippen molar-refractivity contribution >= 4 is 28.8 Å². The lowest BCUT2D eigenvalue weighted by molar-refractivity contribution is -0.119. The molecule has 1 atom stereocenters. The number of nitrogens with one attached hydrogen (secondary N) is 1. The van der Waals surface area contributed by atoms with E-state index in [-0.39, 0.29) is 11.8 Å². The van der Waals surface area contributed by atoms with E-state index in [4.69, 9.17) is 0 Å². The highest BCUT2D eigenvalue weighted by Gasteiger charge is 2.35. The van der Waals surface area contributed by atoms with Gasteiger partial charge in [0.15, 0.2) is 0 Å². The van der Waals surface area contributed by atoms with Crippen LogP contribution in [0.3, 0.4) is 0 Å². The van der Waals surface area contributed by atoms with Crippen molar-refractivity contribution in [1.29, 1.82) is 0 Å². The van der Waals surface area contributed by atoms with Crippen LogP contribution in [0, 0.1) is 6.92 Å². The molecule has 5 nitrogen and oxygen atoms in total. The molecule has 0 aliphatic carbocycles. The summed E-state index contributed by atoms with van der Waals surface area (Å²) < 4.78 is 0. The van der Waals surface area contributed by atoms with Crippen molar-refractivity contribution in [3.05, 3.63) is 46.4 Å². The third-order valence-corrected chi connectivity index (χ3v) is 4.71. The summed E-state index contributed by atoms with van der Waals surface area (Å²) in [7, 11) is 0. The van der Waals surface area contributed by atoms with Crippen LogP contribution < -0.4 is 5.32 Å². The summed E-state index contributed by atoms with van der Waals surface area (Å²) in [4.78, 5) is 31.5. The minimum atomic E-state index is -0.408. The van der Waals surface area contributed by atoms with Crippen molar-refractivity contribution in [2.75, 3.05) is 11.9 Å². The Hall–Kier alpha value is -2.21. The smallest absolute Gasteiger partial charge is 0.266 e. The van der Waals surface area contributed by atoms with Gasteiger partial charge in [0.1, 0.15) is 10.9 Å². The second-order valence-electron chi connectivity index (χ2n) is 5.28. The van der Waals surface area contributed by atoms with Gasteiger partial charge in [-0.05, 0) is 31.9 Å². The van der Waals surface area contributed by atoms with E-state index >= 15 is 0 Å². The first-order chi connectivity index (χ1) is 10.7. The molecule has 0 unspecified atom stereocenters.